The maximum absolute atomic E-state index is 11.5. The number of rotatable bonds is 4. The summed E-state index contributed by atoms with van der Waals surface area (Å²) in [6, 6.07) is 8.01. The van der Waals surface area contributed by atoms with Crippen LogP contribution in [-0.2, 0) is 12.0 Å². The van der Waals surface area contributed by atoms with Crippen molar-refractivity contribution >= 4 is 17.3 Å². The fourth-order valence-electron chi connectivity index (χ4n) is 2.17. The van der Waals surface area contributed by atoms with E-state index in [1.54, 1.807) is 0 Å². The highest BCUT2D eigenvalue weighted by molar-refractivity contribution is 7.14. The predicted molar refractivity (Wildman–Crippen MR) is 90.6 cm³/mol. The molecule has 0 aliphatic carbocycles. The number of aromatic nitrogens is 1. The Morgan fingerprint density at radius 2 is 1.82 bits per heavy atom. The van der Waals surface area contributed by atoms with Gasteiger partial charge in [-0.2, -0.15) is 0 Å². The molecule has 0 saturated heterocycles. The molecule has 0 aliphatic rings. The highest BCUT2D eigenvalue weighted by atomic mass is 32.1. The van der Waals surface area contributed by atoms with Gasteiger partial charge in [-0.1, -0.05) is 45.0 Å². The molecule has 0 atom stereocenters. The molecule has 0 bridgehead atoms. The smallest absolute Gasteiger partial charge is 0.348 e. The number of thiazole rings is 1. The minimum atomic E-state index is -0.919. The molecule has 4 nitrogen and oxygen atoms in total. The molecule has 0 fully saturated rings. The lowest BCUT2D eigenvalue weighted by molar-refractivity contribution is 0.0702. The average Bonchev–Trinajstić information content (AvgIpc) is 2.81. The molecule has 0 saturated carbocycles. The molecule has 5 heteroatoms. The largest absolute Gasteiger partial charge is 0.477 e. The van der Waals surface area contributed by atoms with Gasteiger partial charge in [0.25, 0.3) is 0 Å². The SMILES string of the molecule is CN(C)Cc1nc(-c2ccc(C(C)(C)C)cc2)c(C(=O)O)s1. The molecule has 1 N–H and O–H groups in total. The Kier molecular flexibility index (Phi) is 4.68. The van der Waals surface area contributed by atoms with Gasteiger partial charge in [0.1, 0.15) is 9.88 Å². The molecule has 0 unspecified atom stereocenters. The van der Waals surface area contributed by atoms with E-state index in [2.05, 4.69) is 25.8 Å². The molecular formula is C17H22N2O2S. The third-order valence-electron chi connectivity index (χ3n) is 3.34. The maximum Gasteiger partial charge on any atom is 0.348 e. The van der Waals surface area contributed by atoms with E-state index in [1.165, 1.54) is 16.9 Å². The topological polar surface area (TPSA) is 53.4 Å². The first kappa shape index (κ1) is 16.6. The summed E-state index contributed by atoms with van der Waals surface area (Å²) in [6.45, 7) is 7.11. The Bertz CT molecular complexity index is 667. The van der Waals surface area contributed by atoms with Crippen LogP contribution in [0.3, 0.4) is 0 Å². The predicted octanol–water partition coefficient (Wildman–Crippen LogP) is 3.87. The summed E-state index contributed by atoms with van der Waals surface area (Å²) in [6.07, 6.45) is 0. The third kappa shape index (κ3) is 3.72. The number of hydrogen-bond donors (Lipinski definition) is 1. The van der Waals surface area contributed by atoms with Gasteiger partial charge in [-0.15, -0.1) is 11.3 Å². The number of carboxylic acids is 1. The maximum atomic E-state index is 11.5. The summed E-state index contributed by atoms with van der Waals surface area (Å²) in [5.41, 5.74) is 2.71. The van der Waals surface area contributed by atoms with Crippen molar-refractivity contribution in [2.45, 2.75) is 32.7 Å². The van der Waals surface area contributed by atoms with Crippen LogP contribution in [0.4, 0.5) is 0 Å². The lowest BCUT2D eigenvalue weighted by Gasteiger charge is -2.19. The van der Waals surface area contributed by atoms with Crippen LogP contribution in [0.5, 0.6) is 0 Å². The number of hydrogen-bond acceptors (Lipinski definition) is 4. The third-order valence-corrected chi connectivity index (χ3v) is 4.37. The molecule has 1 aromatic carbocycles. The van der Waals surface area contributed by atoms with Crippen molar-refractivity contribution in [1.82, 2.24) is 9.88 Å². The van der Waals surface area contributed by atoms with E-state index in [1.807, 2.05) is 43.3 Å². The Labute approximate surface area is 135 Å². The summed E-state index contributed by atoms with van der Waals surface area (Å²) >= 11 is 1.25. The summed E-state index contributed by atoms with van der Waals surface area (Å²) < 4.78 is 0. The normalized spacial score (nSPS) is 11.9. The Morgan fingerprint density at radius 3 is 2.27 bits per heavy atom. The number of aromatic carboxylic acids is 1. The van der Waals surface area contributed by atoms with Crippen LogP contribution in [0.15, 0.2) is 24.3 Å². The van der Waals surface area contributed by atoms with E-state index in [0.717, 1.165) is 10.6 Å². The minimum absolute atomic E-state index is 0.0757. The summed E-state index contributed by atoms with van der Waals surface area (Å²) in [5, 5.41) is 10.2. The van der Waals surface area contributed by atoms with Crippen molar-refractivity contribution in [1.29, 1.82) is 0 Å². The Hall–Kier alpha value is -1.72. The fraction of sp³-hybridized carbons (Fsp3) is 0.412. The Balaban J connectivity index is 2.42. The Morgan fingerprint density at radius 1 is 1.23 bits per heavy atom. The number of carbonyl (C=O) groups is 1. The highest BCUT2D eigenvalue weighted by Crippen LogP contribution is 2.31. The molecular weight excluding hydrogens is 296 g/mol. The molecule has 0 amide bonds. The van der Waals surface area contributed by atoms with Gasteiger partial charge in [0.05, 0.1) is 5.69 Å². The van der Waals surface area contributed by atoms with Crippen LogP contribution in [0.1, 0.15) is 41.0 Å². The van der Waals surface area contributed by atoms with E-state index >= 15 is 0 Å². The van der Waals surface area contributed by atoms with Crippen LogP contribution >= 0.6 is 11.3 Å². The zero-order valence-corrected chi connectivity index (χ0v) is 14.5. The van der Waals surface area contributed by atoms with Gasteiger partial charge in [0.2, 0.25) is 0 Å². The van der Waals surface area contributed by atoms with Crippen molar-refractivity contribution < 1.29 is 9.90 Å². The molecule has 0 aliphatic heterocycles. The average molecular weight is 318 g/mol. The van der Waals surface area contributed by atoms with Crippen LogP contribution < -0.4 is 0 Å². The zero-order valence-electron chi connectivity index (χ0n) is 13.7. The van der Waals surface area contributed by atoms with E-state index in [4.69, 9.17) is 0 Å². The lowest BCUT2D eigenvalue weighted by atomic mass is 9.86. The van der Waals surface area contributed by atoms with Gasteiger partial charge < -0.3 is 10.0 Å². The van der Waals surface area contributed by atoms with Crippen LogP contribution in [0.2, 0.25) is 0 Å². The second kappa shape index (κ2) is 6.18. The van der Waals surface area contributed by atoms with Gasteiger partial charge in [-0.05, 0) is 25.1 Å². The molecule has 1 heterocycles. The van der Waals surface area contributed by atoms with Crippen LogP contribution in [-0.4, -0.2) is 35.1 Å². The van der Waals surface area contributed by atoms with Crippen molar-refractivity contribution in [3.63, 3.8) is 0 Å². The van der Waals surface area contributed by atoms with E-state index in [9.17, 15) is 9.90 Å². The number of benzene rings is 1. The first-order valence-corrected chi connectivity index (χ1v) is 7.99. The quantitative estimate of drug-likeness (QED) is 0.930. The van der Waals surface area contributed by atoms with Crippen molar-refractivity contribution in [2.75, 3.05) is 14.1 Å². The zero-order chi connectivity index (χ0) is 16.5. The molecule has 1 aromatic heterocycles. The van der Waals surface area contributed by atoms with Gasteiger partial charge in [0.15, 0.2) is 0 Å². The van der Waals surface area contributed by atoms with E-state index < -0.39 is 5.97 Å². The summed E-state index contributed by atoms with van der Waals surface area (Å²) in [5.74, 6) is -0.919. The second-order valence-corrected chi connectivity index (χ2v) is 7.74. The monoisotopic (exact) mass is 318 g/mol. The number of carboxylic acid groups (broad SMARTS) is 1. The van der Waals surface area contributed by atoms with Crippen LogP contribution in [0, 0.1) is 0 Å². The van der Waals surface area contributed by atoms with Crippen molar-refractivity contribution in [2.24, 2.45) is 0 Å². The lowest BCUT2D eigenvalue weighted by Crippen LogP contribution is -2.10. The number of nitrogens with zero attached hydrogens (tertiary/aromatic N) is 2. The van der Waals surface area contributed by atoms with Crippen molar-refractivity contribution in [3.8, 4) is 11.3 Å². The molecule has 0 radical (unpaired) electrons. The minimum Gasteiger partial charge on any atom is -0.477 e. The van der Waals surface area contributed by atoms with Crippen molar-refractivity contribution in [3.05, 3.63) is 39.7 Å². The van der Waals surface area contributed by atoms with Gasteiger partial charge in [-0.25, -0.2) is 9.78 Å². The van der Waals surface area contributed by atoms with Gasteiger partial charge in [-0.3, -0.25) is 0 Å². The molecule has 0 spiro atoms. The molecule has 2 rings (SSSR count). The van der Waals surface area contributed by atoms with E-state index in [0.29, 0.717) is 17.1 Å². The van der Waals surface area contributed by atoms with E-state index in [-0.39, 0.29) is 5.41 Å². The first-order valence-electron chi connectivity index (χ1n) is 7.17. The van der Waals surface area contributed by atoms with Crippen LogP contribution in [0.25, 0.3) is 11.3 Å². The standard InChI is InChI=1S/C17H22N2O2S/c1-17(2,3)12-8-6-11(7-9-12)14-15(16(20)21)22-13(18-14)10-19(4)5/h6-9H,10H2,1-5H3,(H,20,21). The highest BCUT2D eigenvalue weighted by Gasteiger charge is 2.20. The molecule has 118 valence electrons. The fourth-order valence-corrected chi connectivity index (χ4v) is 3.21. The summed E-state index contributed by atoms with van der Waals surface area (Å²) in [7, 11) is 3.89. The first-order chi connectivity index (χ1) is 10.2. The van der Waals surface area contributed by atoms with Gasteiger partial charge >= 0.3 is 5.97 Å². The second-order valence-electron chi connectivity index (χ2n) is 6.66. The summed E-state index contributed by atoms with van der Waals surface area (Å²) in [4.78, 5) is 18.3. The van der Waals surface area contributed by atoms with Gasteiger partial charge in [0, 0.05) is 12.1 Å². The molecule has 22 heavy (non-hydrogen) atoms. The molecule has 2 aromatic rings.